The van der Waals surface area contributed by atoms with Gasteiger partial charge in [0, 0.05) is 25.6 Å². The molecule has 2 aromatic carbocycles. The van der Waals surface area contributed by atoms with Gasteiger partial charge < -0.3 is 15.0 Å². The molecular formula is C27H39N3O5S. The molecule has 36 heavy (non-hydrogen) atoms. The van der Waals surface area contributed by atoms with E-state index in [0.717, 1.165) is 17.4 Å². The Labute approximate surface area is 215 Å². The van der Waals surface area contributed by atoms with Gasteiger partial charge in [-0.3, -0.25) is 13.9 Å². The second kappa shape index (κ2) is 13.3. The van der Waals surface area contributed by atoms with Gasteiger partial charge in [0.2, 0.25) is 21.8 Å². The van der Waals surface area contributed by atoms with Gasteiger partial charge in [0.05, 0.1) is 18.6 Å². The molecule has 9 heteroatoms. The molecule has 0 saturated carbocycles. The quantitative estimate of drug-likeness (QED) is 0.435. The zero-order valence-corrected chi connectivity index (χ0v) is 23.0. The predicted octanol–water partition coefficient (Wildman–Crippen LogP) is 3.88. The van der Waals surface area contributed by atoms with E-state index in [0.29, 0.717) is 31.0 Å². The van der Waals surface area contributed by atoms with E-state index in [1.54, 1.807) is 36.1 Å². The zero-order chi connectivity index (χ0) is 26.9. The second-order valence-electron chi connectivity index (χ2n) is 9.21. The standard InChI is InChI=1S/C27H39N3O5S/c1-7-35-25-16-14-24(15-17-25)30(36(6,33)34)18-8-9-26(31)29(22(5)27(32)28-20(2)3)19-23-12-10-21(4)11-13-23/h10-17,20,22H,7-9,18-19H2,1-6H3,(H,28,32)/t22-/m0/s1. The van der Waals surface area contributed by atoms with Gasteiger partial charge in [-0.25, -0.2) is 8.42 Å². The molecule has 198 valence electrons. The van der Waals surface area contributed by atoms with E-state index < -0.39 is 16.1 Å². The van der Waals surface area contributed by atoms with Gasteiger partial charge in [-0.1, -0.05) is 29.8 Å². The summed E-state index contributed by atoms with van der Waals surface area (Å²) in [6.07, 6.45) is 1.56. The number of hydrogen-bond acceptors (Lipinski definition) is 5. The molecule has 1 N–H and O–H groups in total. The number of carbonyl (C=O) groups excluding carboxylic acids is 2. The number of anilines is 1. The number of nitrogens with one attached hydrogen (secondary N) is 1. The van der Waals surface area contributed by atoms with Crippen LogP contribution in [0.5, 0.6) is 5.75 Å². The fourth-order valence-corrected chi connectivity index (χ4v) is 4.72. The molecule has 0 saturated heterocycles. The minimum Gasteiger partial charge on any atom is -0.494 e. The van der Waals surface area contributed by atoms with Crippen molar-refractivity contribution >= 4 is 27.5 Å². The van der Waals surface area contributed by atoms with Gasteiger partial charge in [0.15, 0.2) is 0 Å². The monoisotopic (exact) mass is 517 g/mol. The Balaban J connectivity index is 2.14. The van der Waals surface area contributed by atoms with E-state index in [4.69, 9.17) is 4.74 Å². The van der Waals surface area contributed by atoms with Crippen molar-refractivity contribution in [3.8, 4) is 5.75 Å². The van der Waals surface area contributed by atoms with Crippen LogP contribution in [0.2, 0.25) is 0 Å². The lowest BCUT2D eigenvalue weighted by molar-refractivity contribution is -0.140. The number of benzene rings is 2. The normalized spacial score (nSPS) is 12.2. The van der Waals surface area contributed by atoms with Crippen LogP contribution < -0.4 is 14.4 Å². The number of ether oxygens (including phenoxy) is 1. The molecule has 0 spiro atoms. The summed E-state index contributed by atoms with van der Waals surface area (Å²) in [5.41, 5.74) is 2.54. The lowest BCUT2D eigenvalue weighted by Gasteiger charge is -2.30. The van der Waals surface area contributed by atoms with E-state index in [1.165, 1.54) is 4.31 Å². The Morgan fingerprint density at radius 1 is 1.00 bits per heavy atom. The molecule has 1 atom stereocenters. The fourth-order valence-electron chi connectivity index (χ4n) is 3.76. The van der Waals surface area contributed by atoms with Crippen LogP contribution in [0.25, 0.3) is 0 Å². The lowest BCUT2D eigenvalue weighted by atomic mass is 10.1. The number of hydrogen-bond donors (Lipinski definition) is 1. The van der Waals surface area contributed by atoms with Crippen molar-refractivity contribution in [1.29, 1.82) is 0 Å². The molecule has 0 aliphatic rings. The van der Waals surface area contributed by atoms with Crippen molar-refractivity contribution in [3.63, 3.8) is 0 Å². The zero-order valence-electron chi connectivity index (χ0n) is 22.2. The molecular weight excluding hydrogens is 478 g/mol. The Kier molecular flexibility index (Phi) is 10.8. The number of rotatable bonds is 13. The summed E-state index contributed by atoms with van der Waals surface area (Å²) in [4.78, 5) is 27.6. The van der Waals surface area contributed by atoms with Crippen LogP contribution in [0.3, 0.4) is 0 Å². The van der Waals surface area contributed by atoms with Crippen LogP contribution in [-0.4, -0.2) is 56.6 Å². The summed E-state index contributed by atoms with van der Waals surface area (Å²) in [5, 5.41) is 2.87. The lowest BCUT2D eigenvalue weighted by Crippen LogP contribution is -2.49. The summed E-state index contributed by atoms with van der Waals surface area (Å²) < 4.78 is 31.7. The van der Waals surface area contributed by atoms with Gasteiger partial charge >= 0.3 is 0 Å². The maximum absolute atomic E-state index is 13.3. The largest absolute Gasteiger partial charge is 0.494 e. The Morgan fingerprint density at radius 2 is 1.61 bits per heavy atom. The van der Waals surface area contributed by atoms with Crippen molar-refractivity contribution in [1.82, 2.24) is 10.2 Å². The molecule has 2 aromatic rings. The summed E-state index contributed by atoms with van der Waals surface area (Å²) in [6, 6.07) is 13.9. The second-order valence-corrected chi connectivity index (χ2v) is 11.1. The van der Waals surface area contributed by atoms with Crippen molar-refractivity contribution in [2.75, 3.05) is 23.7 Å². The van der Waals surface area contributed by atoms with Crippen molar-refractivity contribution < 1.29 is 22.7 Å². The summed E-state index contributed by atoms with van der Waals surface area (Å²) in [5.74, 6) is 0.227. The first kappa shape index (κ1) is 29.2. The molecule has 2 rings (SSSR count). The van der Waals surface area contributed by atoms with Crippen LogP contribution in [0.15, 0.2) is 48.5 Å². The topological polar surface area (TPSA) is 96.0 Å². The highest BCUT2D eigenvalue weighted by Crippen LogP contribution is 2.22. The SMILES string of the molecule is CCOc1ccc(N(CCCC(=O)N(Cc2ccc(C)cc2)[C@@H](C)C(=O)NC(C)C)S(C)(=O)=O)cc1. The highest BCUT2D eigenvalue weighted by Gasteiger charge is 2.27. The average Bonchev–Trinajstić information content (AvgIpc) is 2.80. The van der Waals surface area contributed by atoms with Crippen LogP contribution in [0.4, 0.5) is 5.69 Å². The Hall–Kier alpha value is -3.07. The Morgan fingerprint density at radius 3 is 2.14 bits per heavy atom. The highest BCUT2D eigenvalue weighted by atomic mass is 32.2. The van der Waals surface area contributed by atoms with Gasteiger partial charge in [0.25, 0.3) is 0 Å². The predicted molar refractivity (Wildman–Crippen MR) is 144 cm³/mol. The van der Waals surface area contributed by atoms with Gasteiger partial charge in [0.1, 0.15) is 11.8 Å². The van der Waals surface area contributed by atoms with Gasteiger partial charge in [-0.15, -0.1) is 0 Å². The van der Waals surface area contributed by atoms with Crippen molar-refractivity contribution in [2.45, 2.75) is 66.1 Å². The summed E-state index contributed by atoms with van der Waals surface area (Å²) in [6.45, 7) is 10.3. The van der Waals surface area contributed by atoms with Crippen molar-refractivity contribution in [2.24, 2.45) is 0 Å². The Bertz CT molecular complexity index is 1100. The number of aryl methyl sites for hydroxylation is 1. The number of nitrogens with zero attached hydrogens (tertiary/aromatic N) is 2. The van der Waals surface area contributed by atoms with Crippen LogP contribution in [0, 0.1) is 6.92 Å². The van der Waals surface area contributed by atoms with Crippen LogP contribution in [0.1, 0.15) is 51.7 Å². The van der Waals surface area contributed by atoms with Crippen LogP contribution >= 0.6 is 0 Å². The minimum absolute atomic E-state index is 0.0475. The minimum atomic E-state index is -3.55. The molecule has 0 aliphatic heterocycles. The van der Waals surface area contributed by atoms with Gasteiger partial charge in [-0.2, -0.15) is 0 Å². The molecule has 0 fully saturated rings. The van der Waals surface area contributed by atoms with E-state index >= 15 is 0 Å². The first-order valence-electron chi connectivity index (χ1n) is 12.3. The third kappa shape index (κ3) is 8.86. The summed E-state index contributed by atoms with van der Waals surface area (Å²) in [7, 11) is -3.55. The van der Waals surface area contributed by atoms with E-state index in [2.05, 4.69) is 5.32 Å². The van der Waals surface area contributed by atoms with Gasteiger partial charge in [-0.05, 0) is 70.9 Å². The molecule has 0 bridgehead atoms. The average molecular weight is 518 g/mol. The number of sulfonamides is 1. The third-order valence-corrected chi connectivity index (χ3v) is 6.85. The van der Waals surface area contributed by atoms with E-state index in [9.17, 15) is 18.0 Å². The first-order chi connectivity index (χ1) is 16.9. The molecule has 8 nitrogen and oxygen atoms in total. The number of carbonyl (C=O) groups is 2. The molecule has 0 aliphatic carbocycles. The maximum Gasteiger partial charge on any atom is 0.242 e. The fraction of sp³-hybridized carbons (Fsp3) is 0.481. The maximum atomic E-state index is 13.3. The molecule has 0 radical (unpaired) electrons. The smallest absolute Gasteiger partial charge is 0.242 e. The first-order valence-corrected chi connectivity index (χ1v) is 14.1. The molecule has 0 aromatic heterocycles. The summed E-state index contributed by atoms with van der Waals surface area (Å²) >= 11 is 0. The van der Waals surface area contributed by atoms with Crippen molar-refractivity contribution in [3.05, 3.63) is 59.7 Å². The third-order valence-electron chi connectivity index (χ3n) is 5.66. The molecule has 0 heterocycles. The highest BCUT2D eigenvalue weighted by molar-refractivity contribution is 7.92. The van der Waals surface area contributed by atoms with Crippen LogP contribution in [-0.2, 0) is 26.2 Å². The van der Waals surface area contributed by atoms with E-state index in [1.807, 2.05) is 52.0 Å². The molecule has 0 unspecified atom stereocenters. The molecule has 2 amide bonds. The van der Waals surface area contributed by atoms with E-state index in [-0.39, 0.29) is 30.8 Å². The number of amides is 2.